The number of hydrogen-bond donors (Lipinski definition) is 0. The molecule has 0 heterocycles. The molecule has 0 amide bonds. The second-order valence-electron chi connectivity index (χ2n) is 8.45. The fourth-order valence-corrected chi connectivity index (χ4v) is 4.51. The minimum absolute atomic E-state index is 0.618. The summed E-state index contributed by atoms with van der Waals surface area (Å²) in [7, 11) is 0. The summed E-state index contributed by atoms with van der Waals surface area (Å²) < 4.78 is 5.53. The average molecular weight is 389 g/mol. The molecular weight excluding hydrogens is 352 g/mol. The molecule has 1 nitrogen and oxygen atoms in total. The fourth-order valence-electron chi connectivity index (χ4n) is 4.51. The maximum atomic E-state index is 5.53. The third kappa shape index (κ3) is 7.01. The van der Waals surface area contributed by atoms with Crippen molar-refractivity contribution in [2.24, 2.45) is 5.92 Å². The van der Waals surface area contributed by atoms with Gasteiger partial charge in [0.15, 0.2) is 0 Å². The van der Waals surface area contributed by atoms with Crippen LogP contribution in [0.1, 0.15) is 73.1 Å². The van der Waals surface area contributed by atoms with Crippen molar-refractivity contribution in [3.05, 3.63) is 90.0 Å². The average Bonchev–Trinajstić information content (AvgIpc) is 2.78. The molecule has 0 unspecified atom stereocenters. The van der Waals surface area contributed by atoms with Crippen LogP contribution in [0.4, 0.5) is 0 Å². The molecule has 0 atom stereocenters. The van der Waals surface area contributed by atoms with Crippen molar-refractivity contribution in [3.63, 3.8) is 0 Å². The molecule has 1 aliphatic rings. The number of ether oxygens (including phenoxy) is 1. The van der Waals surface area contributed by atoms with E-state index >= 15 is 0 Å². The molecule has 0 aromatic heterocycles. The van der Waals surface area contributed by atoms with Gasteiger partial charge in [0.1, 0.15) is 0 Å². The van der Waals surface area contributed by atoms with E-state index in [1.807, 2.05) is 6.08 Å². The van der Waals surface area contributed by atoms with Crippen LogP contribution in [0.5, 0.6) is 0 Å². The molecular formula is C28H36O. The van der Waals surface area contributed by atoms with Gasteiger partial charge in [0, 0.05) is 0 Å². The van der Waals surface area contributed by atoms with Crippen LogP contribution in [-0.2, 0) is 17.8 Å². The van der Waals surface area contributed by atoms with Gasteiger partial charge in [-0.15, -0.1) is 6.58 Å². The number of benzene rings is 2. The molecule has 0 spiro atoms. The van der Waals surface area contributed by atoms with Crippen LogP contribution >= 0.6 is 0 Å². The second kappa shape index (κ2) is 11.8. The highest BCUT2D eigenvalue weighted by molar-refractivity contribution is 5.47. The highest BCUT2D eigenvalue weighted by Gasteiger charge is 2.22. The van der Waals surface area contributed by atoms with E-state index in [1.165, 1.54) is 73.6 Å². The van der Waals surface area contributed by atoms with Gasteiger partial charge in [-0.2, -0.15) is 0 Å². The standard InChI is InChI=1S/C28H36O/c1-3-21-29-22-26-15-19-28(20-16-26)27-17-13-25(14-18-27)8-6-5-7-24-11-9-23(4-2)10-12-24/h3-4,9-12,15-16,19-20,25,27H,1-2,5-8,13-14,17-18,21-22H2. The summed E-state index contributed by atoms with van der Waals surface area (Å²) in [4.78, 5) is 0. The maximum absolute atomic E-state index is 5.53. The lowest BCUT2D eigenvalue weighted by atomic mass is 9.77. The van der Waals surface area contributed by atoms with Crippen molar-refractivity contribution in [3.8, 4) is 0 Å². The first-order chi connectivity index (χ1) is 14.3. The maximum Gasteiger partial charge on any atom is 0.0721 e. The van der Waals surface area contributed by atoms with Gasteiger partial charge in [-0.3, -0.25) is 0 Å². The Morgan fingerprint density at radius 2 is 1.52 bits per heavy atom. The summed E-state index contributed by atoms with van der Waals surface area (Å²) in [6.45, 7) is 8.81. The minimum Gasteiger partial charge on any atom is -0.373 e. The molecule has 2 aromatic carbocycles. The SMILES string of the molecule is C=CCOCc1ccc(C2CCC(CCCCc3ccc(C=C)cc3)CC2)cc1. The zero-order valence-electron chi connectivity index (χ0n) is 17.8. The molecule has 1 aliphatic carbocycles. The van der Waals surface area contributed by atoms with E-state index in [0.717, 1.165) is 11.8 Å². The quantitative estimate of drug-likeness (QED) is 0.283. The van der Waals surface area contributed by atoms with Crippen LogP contribution in [0.3, 0.4) is 0 Å². The number of rotatable bonds is 11. The summed E-state index contributed by atoms with van der Waals surface area (Å²) in [6, 6.07) is 17.9. The Morgan fingerprint density at radius 3 is 2.17 bits per heavy atom. The van der Waals surface area contributed by atoms with Gasteiger partial charge in [0.25, 0.3) is 0 Å². The molecule has 0 N–H and O–H groups in total. The summed E-state index contributed by atoms with van der Waals surface area (Å²) in [5.74, 6) is 1.68. The third-order valence-electron chi connectivity index (χ3n) is 6.35. The molecule has 0 bridgehead atoms. The Balaban J connectivity index is 1.33. The van der Waals surface area contributed by atoms with Crippen molar-refractivity contribution < 1.29 is 4.74 Å². The van der Waals surface area contributed by atoms with Gasteiger partial charge >= 0.3 is 0 Å². The first kappa shape index (κ1) is 21.6. The largest absolute Gasteiger partial charge is 0.373 e. The lowest BCUT2D eigenvalue weighted by Gasteiger charge is -2.29. The summed E-state index contributed by atoms with van der Waals surface area (Å²) >= 11 is 0. The Labute approximate surface area is 177 Å². The Kier molecular flexibility index (Phi) is 8.77. The van der Waals surface area contributed by atoms with E-state index in [2.05, 4.69) is 61.7 Å². The van der Waals surface area contributed by atoms with Crippen molar-refractivity contribution in [1.29, 1.82) is 0 Å². The molecule has 0 saturated heterocycles. The zero-order chi connectivity index (χ0) is 20.3. The number of unbranched alkanes of at least 4 members (excludes halogenated alkanes) is 1. The van der Waals surface area contributed by atoms with Crippen LogP contribution in [0.25, 0.3) is 6.08 Å². The van der Waals surface area contributed by atoms with Gasteiger partial charge < -0.3 is 4.74 Å². The van der Waals surface area contributed by atoms with Gasteiger partial charge in [0.2, 0.25) is 0 Å². The lowest BCUT2D eigenvalue weighted by molar-refractivity contribution is 0.149. The van der Waals surface area contributed by atoms with Crippen molar-refractivity contribution in [1.82, 2.24) is 0 Å². The molecule has 0 radical (unpaired) electrons. The van der Waals surface area contributed by atoms with Crippen LogP contribution in [0.2, 0.25) is 0 Å². The Morgan fingerprint density at radius 1 is 0.828 bits per heavy atom. The summed E-state index contributed by atoms with van der Waals surface area (Å²) in [6.07, 6.45) is 14.5. The van der Waals surface area contributed by atoms with Gasteiger partial charge in [-0.1, -0.05) is 80.1 Å². The van der Waals surface area contributed by atoms with E-state index in [9.17, 15) is 0 Å². The van der Waals surface area contributed by atoms with Gasteiger partial charge in [0.05, 0.1) is 13.2 Å². The fraction of sp³-hybridized carbons (Fsp3) is 0.429. The van der Waals surface area contributed by atoms with Crippen LogP contribution < -0.4 is 0 Å². The number of aryl methyl sites for hydroxylation is 1. The van der Waals surface area contributed by atoms with Crippen LogP contribution in [0.15, 0.2) is 67.8 Å². The highest BCUT2D eigenvalue weighted by atomic mass is 16.5. The van der Waals surface area contributed by atoms with Gasteiger partial charge in [-0.25, -0.2) is 0 Å². The molecule has 1 saturated carbocycles. The van der Waals surface area contributed by atoms with Crippen LogP contribution in [0, 0.1) is 5.92 Å². The van der Waals surface area contributed by atoms with E-state index in [1.54, 1.807) is 6.08 Å². The molecule has 3 rings (SSSR count). The Bertz CT molecular complexity index is 733. The normalized spacial score (nSPS) is 19.0. The molecule has 154 valence electrons. The molecule has 1 fully saturated rings. The van der Waals surface area contributed by atoms with Crippen LogP contribution in [-0.4, -0.2) is 6.61 Å². The molecule has 1 heteroatoms. The third-order valence-corrected chi connectivity index (χ3v) is 6.35. The molecule has 2 aromatic rings. The highest BCUT2D eigenvalue weighted by Crippen LogP contribution is 2.37. The zero-order valence-corrected chi connectivity index (χ0v) is 17.8. The first-order valence-electron chi connectivity index (χ1n) is 11.3. The first-order valence-corrected chi connectivity index (χ1v) is 11.3. The predicted octanol–water partition coefficient (Wildman–Crippen LogP) is 7.72. The van der Waals surface area contributed by atoms with Crippen molar-refractivity contribution in [2.45, 2.75) is 63.9 Å². The topological polar surface area (TPSA) is 9.23 Å². The van der Waals surface area contributed by atoms with E-state index < -0.39 is 0 Å². The monoisotopic (exact) mass is 388 g/mol. The Hall–Kier alpha value is -2.12. The van der Waals surface area contributed by atoms with E-state index in [-0.39, 0.29) is 0 Å². The second-order valence-corrected chi connectivity index (χ2v) is 8.45. The molecule has 29 heavy (non-hydrogen) atoms. The number of hydrogen-bond acceptors (Lipinski definition) is 1. The van der Waals surface area contributed by atoms with Crippen molar-refractivity contribution in [2.75, 3.05) is 6.61 Å². The van der Waals surface area contributed by atoms with E-state index in [4.69, 9.17) is 4.74 Å². The smallest absolute Gasteiger partial charge is 0.0721 e. The van der Waals surface area contributed by atoms with Crippen molar-refractivity contribution >= 4 is 6.08 Å². The summed E-state index contributed by atoms with van der Waals surface area (Å²) in [5, 5.41) is 0. The predicted molar refractivity (Wildman–Crippen MR) is 125 cm³/mol. The minimum atomic E-state index is 0.618. The van der Waals surface area contributed by atoms with Gasteiger partial charge in [-0.05, 0) is 72.6 Å². The lowest BCUT2D eigenvalue weighted by Crippen LogP contribution is -2.13. The molecule has 0 aliphatic heterocycles. The summed E-state index contributed by atoms with van der Waals surface area (Å²) in [5.41, 5.74) is 5.43. The van der Waals surface area contributed by atoms with E-state index in [0.29, 0.717) is 13.2 Å².